The molecule has 1 aromatic carbocycles. The SMILES string of the molecule is COc1ccc(-c2cnccn2)c(C=O)c1. The van der Waals surface area contributed by atoms with Crippen molar-refractivity contribution in [2.24, 2.45) is 0 Å². The molecule has 80 valence electrons. The molecule has 0 atom stereocenters. The van der Waals surface area contributed by atoms with Gasteiger partial charge < -0.3 is 4.74 Å². The quantitative estimate of drug-likeness (QED) is 0.733. The number of aldehydes is 1. The number of rotatable bonds is 3. The molecule has 0 bridgehead atoms. The van der Waals surface area contributed by atoms with Crippen LogP contribution in [0.2, 0.25) is 0 Å². The average Bonchev–Trinajstić information content (AvgIpc) is 2.39. The second-order valence-electron chi connectivity index (χ2n) is 3.16. The Kier molecular flexibility index (Phi) is 2.91. The molecular weight excluding hydrogens is 204 g/mol. The molecule has 0 saturated heterocycles. The highest BCUT2D eigenvalue weighted by atomic mass is 16.5. The third-order valence-corrected chi connectivity index (χ3v) is 2.22. The number of hydrogen-bond acceptors (Lipinski definition) is 4. The van der Waals surface area contributed by atoms with Crippen molar-refractivity contribution in [2.75, 3.05) is 7.11 Å². The van der Waals surface area contributed by atoms with Crippen molar-refractivity contribution in [1.29, 1.82) is 0 Å². The largest absolute Gasteiger partial charge is 0.497 e. The molecule has 4 heteroatoms. The average molecular weight is 214 g/mol. The second-order valence-corrected chi connectivity index (χ2v) is 3.16. The van der Waals surface area contributed by atoms with Crippen molar-refractivity contribution in [2.45, 2.75) is 0 Å². The minimum absolute atomic E-state index is 0.542. The molecule has 16 heavy (non-hydrogen) atoms. The first-order valence-electron chi connectivity index (χ1n) is 4.74. The number of nitrogens with zero attached hydrogens (tertiary/aromatic N) is 2. The summed E-state index contributed by atoms with van der Waals surface area (Å²) in [4.78, 5) is 19.1. The summed E-state index contributed by atoms with van der Waals surface area (Å²) in [7, 11) is 1.56. The number of aromatic nitrogens is 2. The number of carbonyl (C=O) groups is 1. The van der Waals surface area contributed by atoms with E-state index in [-0.39, 0.29) is 0 Å². The first kappa shape index (κ1) is 10.3. The predicted octanol–water partition coefficient (Wildman–Crippen LogP) is 1.96. The highest BCUT2D eigenvalue weighted by Gasteiger charge is 2.06. The highest BCUT2D eigenvalue weighted by molar-refractivity contribution is 5.87. The second kappa shape index (κ2) is 4.53. The molecule has 0 amide bonds. The molecule has 0 fully saturated rings. The molecule has 0 aliphatic heterocycles. The summed E-state index contributed by atoms with van der Waals surface area (Å²) >= 11 is 0. The van der Waals surface area contributed by atoms with Crippen molar-refractivity contribution in [3.8, 4) is 17.0 Å². The summed E-state index contributed by atoms with van der Waals surface area (Å²) < 4.78 is 5.05. The number of ether oxygens (including phenoxy) is 1. The molecule has 4 nitrogen and oxygen atoms in total. The summed E-state index contributed by atoms with van der Waals surface area (Å²) in [5.41, 5.74) is 1.97. The van der Waals surface area contributed by atoms with Crippen LogP contribution >= 0.6 is 0 Å². The van der Waals surface area contributed by atoms with Gasteiger partial charge in [0.2, 0.25) is 0 Å². The molecule has 0 spiro atoms. The van der Waals surface area contributed by atoms with E-state index in [1.165, 1.54) is 0 Å². The molecule has 0 aliphatic carbocycles. The zero-order chi connectivity index (χ0) is 11.4. The van der Waals surface area contributed by atoms with E-state index in [1.54, 1.807) is 43.9 Å². The van der Waals surface area contributed by atoms with Gasteiger partial charge in [-0.25, -0.2) is 0 Å². The van der Waals surface area contributed by atoms with Crippen LogP contribution in [0, 0.1) is 0 Å². The minimum Gasteiger partial charge on any atom is -0.497 e. The summed E-state index contributed by atoms with van der Waals surface area (Å²) in [6.07, 6.45) is 5.59. The molecule has 0 unspecified atom stereocenters. The molecule has 0 saturated carbocycles. The first-order valence-corrected chi connectivity index (χ1v) is 4.74. The van der Waals surface area contributed by atoms with Crippen LogP contribution in [-0.4, -0.2) is 23.4 Å². The molecule has 1 aromatic heterocycles. The number of methoxy groups -OCH3 is 1. The summed E-state index contributed by atoms with van der Waals surface area (Å²) in [6, 6.07) is 5.26. The standard InChI is InChI=1S/C12H10N2O2/c1-16-10-2-3-11(9(6-10)8-15)12-7-13-4-5-14-12/h2-8H,1H3. The van der Waals surface area contributed by atoms with E-state index in [9.17, 15) is 4.79 Å². The van der Waals surface area contributed by atoms with Crippen LogP contribution in [0.25, 0.3) is 11.3 Å². The van der Waals surface area contributed by atoms with Gasteiger partial charge >= 0.3 is 0 Å². The molecule has 0 radical (unpaired) electrons. The van der Waals surface area contributed by atoms with Crippen LogP contribution in [0.1, 0.15) is 10.4 Å². The van der Waals surface area contributed by atoms with E-state index in [2.05, 4.69) is 9.97 Å². The fourth-order valence-corrected chi connectivity index (χ4v) is 1.44. The van der Waals surface area contributed by atoms with Crippen LogP contribution < -0.4 is 4.74 Å². The smallest absolute Gasteiger partial charge is 0.150 e. The zero-order valence-electron chi connectivity index (χ0n) is 8.75. The van der Waals surface area contributed by atoms with Crippen molar-refractivity contribution in [1.82, 2.24) is 9.97 Å². The van der Waals surface area contributed by atoms with E-state index in [0.29, 0.717) is 17.0 Å². The van der Waals surface area contributed by atoms with Gasteiger partial charge in [0, 0.05) is 23.5 Å². The van der Waals surface area contributed by atoms with Crippen molar-refractivity contribution in [3.05, 3.63) is 42.4 Å². The van der Waals surface area contributed by atoms with Gasteiger partial charge in [0.15, 0.2) is 6.29 Å². The maximum Gasteiger partial charge on any atom is 0.150 e. The topological polar surface area (TPSA) is 52.1 Å². The van der Waals surface area contributed by atoms with Gasteiger partial charge in [-0.1, -0.05) is 0 Å². The van der Waals surface area contributed by atoms with E-state index in [0.717, 1.165) is 11.8 Å². The fourth-order valence-electron chi connectivity index (χ4n) is 1.44. The lowest BCUT2D eigenvalue weighted by atomic mass is 10.1. The molecule has 0 N–H and O–H groups in total. The normalized spacial score (nSPS) is 9.81. The van der Waals surface area contributed by atoms with Crippen LogP contribution in [0.15, 0.2) is 36.8 Å². The zero-order valence-corrected chi connectivity index (χ0v) is 8.75. The monoisotopic (exact) mass is 214 g/mol. The Morgan fingerprint density at radius 2 is 2.19 bits per heavy atom. The van der Waals surface area contributed by atoms with E-state index in [1.807, 2.05) is 0 Å². The molecule has 2 aromatic rings. The van der Waals surface area contributed by atoms with Gasteiger partial charge in [-0.3, -0.25) is 14.8 Å². The Balaban J connectivity index is 2.53. The Labute approximate surface area is 92.9 Å². The first-order chi connectivity index (χ1) is 7.85. The molecular formula is C12H10N2O2. The maximum absolute atomic E-state index is 11.0. The predicted molar refractivity (Wildman–Crippen MR) is 59.4 cm³/mol. The minimum atomic E-state index is 0.542. The van der Waals surface area contributed by atoms with Crippen LogP contribution in [0.5, 0.6) is 5.75 Å². The van der Waals surface area contributed by atoms with Gasteiger partial charge in [0.25, 0.3) is 0 Å². The lowest BCUT2D eigenvalue weighted by molar-refractivity contribution is 0.112. The summed E-state index contributed by atoms with van der Waals surface area (Å²) in [5, 5.41) is 0. The van der Waals surface area contributed by atoms with Crippen LogP contribution in [0.4, 0.5) is 0 Å². The van der Waals surface area contributed by atoms with Crippen LogP contribution in [-0.2, 0) is 0 Å². The Bertz CT molecular complexity index is 498. The van der Waals surface area contributed by atoms with Gasteiger partial charge in [0.1, 0.15) is 5.75 Å². The van der Waals surface area contributed by atoms with E-state index in [4.69, 9.17) is 4.74 Å². The van der Waals surface area contributed by atoms with Crippen molar-refractivity contribution >= 4 is 6.29 Å². The Hall–Kier alpha value is -2.23. The highest BCUT2D eigenvalue weighted by Crippen LogP contribution is 2.23. The van der Waals surface area contributed by atoms with E-state index < -0.39 is 0 Å². The lowest BCUT2D eigenvalue weighted by Crippen LogP contribution is -1.92. The Morgan fingerprint density at radius 1 is 1.31 bits per heavy atom. The molecule has 0 aliphatic rings. The van der Waals surface area contributed by atoms with Crippen molar-refractivity contribution < 1.29 is 9.53 Å². The summed E-state index contributed by atoms with van der Waals surface area (Å²) in [6.45, 7) is 0. The summed E-state index contributed by atoms with van der Waals surface area (Å²) in [5.74, 6) is 0.648. The van der Waals surface area contributed by atoms with Gasteiger partial charge in [0.05, 0.1) is 19.0 Å². The molecule has 2 rings (SSSR count). The van der Waals surface area contributed by atoms with Crippen LogP contribution in [0.3, 0.4) is 0 Å². The lowest BCUT2D eigenvalue weighted by Gasteiger charge is -2.05. The van der Waals surface area contributed by atoms with Crippen molar-refractivity contribution in [3.63, 3.8) is 0 Å². The number of hydrogen-bond donors (Lipinski definition) is 0. The third-order valence-electron chi connectivity index (χ3n) is 2.22. The fraction of sp³-hybridized carbons (Fsp3) is 0.0833. The Morgan fingerprint density at radius 3 is 2.81 bits per heavy atom. The molecule has 1 heterocycles. The van der Waals surface area contributed by atoms with E-state index >= 15 is 0 Å². The maximum atomic E-state index is 11.0. The third kappa shape index (κ3) is 1.91. The van der Waals surface area contributed by atoms with Gasteiger partial charge in [-0.2, -0.15) is 0 Å². The number of carbonyl (C=O) groups excluding carboxylic acids is 1. The van der Waals surface area contributed by atoms with Gasteiger partial charge in [-0.05, 0) is 18.2 Å². The van der Waals surface area contributed by atoms with Gasteiger partial charge in [-0.15, -0.1) is 0 Å². The number of benzene rings is 1.